The average Bonchev–Trinajstić information content (AvgIpc) is 2.53. The highest BCUT2D eigenvalue weighted by atomic mass is 35.5. The molecule has 1 atom stereocenters. The minimum absolute atomic E-state index is 0.0113. The standard InChI is InChI=1S/C18H29ClN2O3/c1-13(2)10-21-6-5-20(12-15(21)4-7-22)11-14-8-16(19)18(23)17(9-14)24-3/h8-9,13,15,22-23H,4-7,10-12H2,1-3H3/t15-/m0/s1. The van der Waals surface area contributed by atoms with Gasteiger partial charge >= 0.3 is 0 Å². The first-order valence-electron chi connectivity index (χ1n) is 8.57. The van der Waals surface area contributed by atoms with Gasteiger partial charge in [-0.05, 0) is 30.0 Å². The molecule has 1 saturated heterocycles. The number of ether oxygens (including phenoxy) is 1. The molecule has 0 amide bonds. The number of benzene rings is 1. The maximum atomic E-state index is 9.85. The molecule has 0 saturated carbocycles. The van der Waals surface area contributed by atoms with E-state index in [4.69, 9.17) is 16.3 Å². The summed E-state index contributed by atoms with van der Waals surface area (Å²) in [6.45, 7) is 9.41. The van der Waals surface area contributed by atoms with Crippen molar-refractivity contribution >= 4 is 11.6 Å². The van der Waals surface area contributed by atoms with Gasteiger partial charge in [0.05, 0.1) is 12.1 Å². The average molecular weight is 357 g/mol. The van der Waals surface area contributed by atoms with E-state index >= 15 is 0 Å². The fourth-order valence-electron chi connectivity index (χ4n) is 3.37. The van der Waals surface area contributed by atoms with Gasteiger partial charge in [0, 0.05) is 45.4 Å². The summed E-state index contributed by atoms with van der Waals surface area (Å²) < 4.78 is 5.18. The topological polar surface area (TPSA) is 56.2 Å². The molecule has 0 aromatic heterocycles. The van der Waals surface area contributed by atoms with Crippen molar-refractivity contribution in [1.29, 1.82) is 0 Å². The van der Waals surface area contributed by atoms with Crippen molar-refractivity contribution in [3.63, 3.8) is 0 Å². The lowest BCUT2D eigenvalue weighted by Gasteiger charge is -2.42. The molecule has 6 heteroatoms. The number of nitrogens with zero attached hydrogens (tertiary/aromatic N) is 2. The van der Waals surface area contributed by atoms with Crippen LogP contribution in [0.5, 0.6) is 11.5 Å². The van der Waals surface area contributed by atoms with Gasteiger partial charge in [0.25, 0.3) is 0 Å². The molecule has 0 unspecified atom stereocenters. The lowest BCUT2D eigenvalue weighted by molar-refractivity contribution is 0.0476. The third-order valence-electron chi connectivity index (χ3n) is 4.47. The van der Waals surface area contributed by atoms with E-state index in [9.17, 15) is 10.2 Å². The highest BCUT2D eigenvalue weighted by Crippen LogP contribution is 2.35. The molecule has 0 radical (unpaired) electrons. The predicted molar refractivity (Wildman–Crippen MR) is 96.8 cm³/mol. The molecular formula is C18H29ClN2O3. The summed E-state index contributed by atoms with van der Waals surface area (Å²) in [7, 11) is 1.52. The zero-order valence-corrected chi connectivity index (χ0v) is 15.6. The Morgan fingerprint density at radius 3 is 2.71 bits per heavy atom. The molecule has 1 heterocycles. The van der Waals surface area contributed by atoms with Crippen LogP contribution in [0.2, 0.25) is 5.02 Å². The molecule has 1 aromatic carbocycles. The molecule has 2 N–H and O–H groups in total. The van der Waals surface area contributed by atoms with Crippen LogP contribution >= 0.6 is 11.6 Å². The van der Waals surface area contributed by atoms with Crippen molar-refractivity contribution < 1.29 is 14.9 Å². The van der Waals surface area contributed by atoms with E-state index in [-0.39, 0.29) is 12.4 Å². The van der Waals surface area contributed by atoms with Crippen LogP contribution in [-0.2, 0) is 6.54 Å². The highest BCUT2D eigenvalue weighted by molar-refractivity contribution is 6.32. The summed E-state index contributed by atoms with van der Waals surface area (Å²) in [5.74, 6) is 1.02. The Balaban J connectivity index is 2.04. The summed E-state index contributed by atoms with van der Waals surface area (Å²) >= 11 is 6.08. The quantitative estimate of drug-likeness (QED) is 0.786. The largest absolute Gasteiger partial charge is 0.503 e. The van der Waals surface area contributed by atoms with Crippen LogP contribution < -0.4 is 4.74 Å². The monoisotopic (exact) mass is 356 g/mol. The molecule has 1 aromatic rings. The van der Waals surface area contributed by atoms with Gasteiger partial charge in [0.1, 0.15) is 0 Å². The Hall–Kier alpha value is -1.01. The Morgan fingerprint density at radius 1 is 1.33 bits per heavy atom. The summed E-state index contributed by atoms with van der Waals surface area (Å²) in [6, 6.07) is 4.00. The van der Waals surface area contributed by atoms with Crippen LogP contribution in [0.3, 0.4) is 0 Å². The number of methoxy groups -OCH3 is 1. The minimum atomic E-state index is -0.0113. The van der Waals surface area contributed by atoms with Crippen molar-refractivity contribution in [3.8, 4) is 11.5 Å². The van der Waals surface area contributed by atoms with Crippen LogP contribution in [0.25, 0.3) is 0 Å². The van der Waals surface area contributed by atoms with E-state index in [0.29, 0.717) is 22.7 Å². The van der Waals surface area contributed by atoms with E-state index in [0.717, 1.165) is 44.7 Å². The summed E-state index contributed by atoms with van der Waals surface area (Å²) in [6.07, 6.45) is 0.795. The molecule has 1 aliphatic heterocycles. The number of phenols is 1. The van der Waals surface area contributed by atoms with Gasteiger partial charge in [0.15, 0.2) is 11.5 Å². The maximum Gasteiger partial charge on any atom is 0.176 e. The van der Waals surface area contributed by atoms with Crippen molar-refractivity contribution in [2.75, 3.05) is 39.9 Å². The first kappa shape index (κ1) is 19.3. The van der Waals surface area contributed by atoms with Gasteiger partial charge in [0.2, 0.25) is 0 Å². The Bertz CT molecular complexity index is 539. The molecule has 24 heavy (non-hydrogen) atoms. The number of hydrogen-bond donors (Lipinski definition) is 2. The first-order valence-corrected chi connectivity index (χ1v) is 8.95. The number of piperazine rings is 1. The number of aliphatic hydroxyl groups excluding tert-OH is 1. The zero-order chi connectivity index (χ0) is 17.7. The zero-order valence-electron chi connectivity index (χ0n) is 14.8. The normalized spacial score (nSPS) is 19.8. The third-order valence-corrected chi connectivity index (χ3v) is 4.75. The van der Waals surface area contributed by atoms with Crippen LogP contribution in [0, 0.1) is 5.92 Å². The molecule has 1 aliphatic rings. The Labute approximate surface area is 149 Å². The molecular weight excluding hydrogens is 328 g/mol. The van der Waals surface area contributed by atoms with Crippen LogP contribution in [0.15, 0.2) is 12.1 Å². The third kappa shape index (κ3) is 4.99. The molecule has 0 spiro atoms. The molecule has 136 valence electrons. The van der Waals surface area contributed by atoms with E-state index in [1.807, 2.05) is 6.07 Å². The fraction of sp³-hybridized carbons (Fsp3) is 0.667. The highest BCUT2D eigenvalue weighted by Gasteiger charge is 2.27. The fourth-order valence-corrected chi connectivity index (χ4v) is 3.60. The second-order valence-electron chi connectivity index (χ2n) is 6.92. The smallest absolute Gasteiger partial charge is 0.176 e. The number of halogens is 1. The Kier molecular flexibility index (Phi) is 7.16. The van der Waals surface area contributed by atoms with E-state index in [2.05, 4.69) is 23.6 Å². The molecule has 1 fully saturated rings. The van der Waals surface area contributed by atoms with E-state index in [1.54, 1.807) is 6.07 Å². The van der Waals surface area contributed by atoms with Gasteiger partial charge in [-0.2, -0.15) is 0 Å². The van der Waals surface area contributed by atoms with Crippen molar-refractivity contribution in [2.24, 2.45) is 5.92 Å². The van der Waals surface area contributed by atoms with Gasteiger partial charge < -0.3 is 14.9 Å². The van der Waals surface area contributed by atoms with Gasteiger partial charge in [-0.1, -0.05) is 25.4 Å². The molecule has 2 rings (SSSR count). The first-order chi connectivity index (χ1) is 11.4. The lowest BCUT2D eigenvalue weighted by Crippen LogP contribution is -2.53. The number of hydrogen-bond acceptors (Lipinski definition) is 5. The SMILES string of the molecule is COc1cc(CN2CCN(CC(C)C)[C@@H](CCO)C2)cc(Cl)c1O. The van der Waals surface area contributed by atoms with Crippen molar-refractivity contribution in [3.05, 3.63) is 22.7 Å². The van der Waals surface area contributed by atoms with Crippen molar-refractivity contribution in [1.82, 2.24) is 9.80 Å². The second kappa shape index (κ2) is 8.90. The van der Waals surface area contributed by atoms with E-state index in [1.165, 1.54) is 7.11 Å². The predicted octanol–water partition coefficient (Wildman–Crippen LogP) is 2.58. The number of phenolic OH excluding ortho intramolecular Hbond substituents is 1. The van der Waals surface area contributed by atoms with Gasteiger partial charge in [-0.25, -0.2) is 0 Å². The van der Waals surface area contributed by atoms with E-state index < -0.39 is 0 Å². The van der Waals surface area contributed by atoms with Gasteiger partial charge in [-0.15, -0.1) is 0 Å². The van der Waals surface area contributed by atoms with Crippen molar-refractivity contribution in [2.45, 2.75) is 32.9 Å². The number of aliphatic hydroxyl groups is 1. The number of aromatic hydroxyl groups is 1. The molecule has 0 aliphatic carbocycles. The summed E-state index contributed by atoms with van der Waals surface area (Å²) in [5.41, 5.74) is 1.02. The Morgan fingerprint density at radius 2 is 2.08 bits per heavy atom. The van der Waals surface area contributed by atoms with Crippen LogP contribution in [0.4, 0.5) is 0 Å². The lowest BCUT2D eigenvalue weighted by atomic mass is 10.1. The summed E-state index contributed by atoms with van der Waals surface area (Å²) in [4.78, 5) is 4.86. The molecule has 0 bridgehead atoms. The van der Waals surface area contributed by atoms with Crippen LogP contribution in [0.1, 0.15) is 25.8 Å². The summed E-state index contributed by atoms with van der Waals surface area (Å²) in [5, 5.41) is 19.5. The molecule has 5 nitrogen and oxygen atoms in total. The van der Waals surface area contributed by atoms with Gasteiger partial charge in [-0.3, -0.25) is 9.80 Å². The van der Waals surface area contributed by atoms with Crippen LogP contribution in [-0.4, -0.2) is 66.0 Å². The second-order valence-corrected chi connectivity index (χ2v) is 7.33. The maximum absolute atomic E-state index is 9.85. The minimum Gasteiger partial charge on any atom is -0.503 e. The number of rotatable bonds is 7.